The van der Waals surface area contributed by atoms with Gasteiger partial charge < -0.3 is 25.5 Å². The molecule has 0 bridgehead atoms. The maximum atomic E-state index is 15.3. The van der Waals surface area contributed by atoms with Crippen molar-refractivity contribution in [2.75, 3.05) is 51.2 Å². The Hall–Kier alpha value is -4.07. The molecule has 9 nitrogen and oxygen atoms in total. The Labute approximate surface area is 324 Å². The molecule has 0 aliphatic heterocycles. The number of methoxy groups -OCH3 is 2. The fourth-order valence-corrected chi connectivity index (χ4v) is 7.58. The topological polar surface area (TPSA) is 114 Å². The average Bonchev–Trinajstić information content (AvgIpc) is 3.12. The second-order valence-corrected chi connectivity index (χ2v) is 15.0. The molecular weight excluding hydrogens is 736 g/mol. The van der Waals surface area contributed by atoms with Crippen LogP contribution in [-0.4, -0.2) is 66.7 Å². The summed E-state index contributed by atoms with van der Waals surface area (Å²) in [7, 11) is 3.17. The molecule has 1 fully saturated rings. The van der Waals surface area contributed by atoms with Crippen molar-refractivity contribution in [3.63, 3.8) is 0 Å². The van der Waals surface area contributed by atoms with Crippen molar-refractivity contribution in [3.05, 3.63) is 86.1 Å². The number of fused-ring (bicyclic) bond motifs is 1. The molecule has 1 atom stereocenters. The summed E-state index contributed by atoms with van der Waals surface area (Å²) in [6, 6.07) is 8.47. The van der Waals surface area contributed by atoms with Crippen molar-refractivity contribution in [2.24, 2.45) is 5.92 Å². The normalized spacial score (nSPS) is 15.1. The van der Waals surface area contributed by atoms with Crippen molar-refractivity contribution < 1.29 is 27.0 Å². The number of alkyl halides is 2. The van der Waals surface area contributed by atoms with Gasteiger partial charge in [-0.2, -0.15) is 0 Å². The largest absolute Gasteiger partial charge is 0.385 e. The highest BCUT2D eigenvalue weighted by Crippen LogP contribution is 2.42. The second kappa shape index (κ2) is 18.7. The highest BCUT2D eigenvalue weighted by atomic mass is 35.5. The van der Waals surface area contributed by atoms with E-state index in [1.165, 1.54) is 16.7 Å². The predicted octanol–water partition coefficient (Wildman–Crippen LogP) is 9.66. The molecule has 1 aliphatic rings. The molecule has 14 heteroatoms. The van der Waals surface area contributed by atoms with Crippen LogP contribution in [0.1, 0.15) is 100 Å². The van der Waals surface area contributed by atoms with Crippen LogP contribution in [0, 0.1) is 23.0 Å². The Balaban J connectivity index is 1.85. The maximum absolute atomic E-state index is 15.3. The zero-order chi connectivity index (χ0) is 39.9. The number of aromatic nitrogens is 3. The highest BCUT2D eigenvalue weighted by molar-refractivity contribution is 6.35. The fourth-order valence-electron chi connectivity index (χ4n) is 7.31. The maximum Gasteiger partial charge on any atom is 0.269 e. The lowest BCUT2D eigenvalue weighted by Gasteiger charge is -2.29. The van der Waals surface area contributed by atoms with Gasteiger partial charge in [-0.3, -0.25) is 9.36 Å². The number of halogens is 5. The van der Waals surface area contributed by atoms with Crippen molar-refractivity contribution in [1.29, 1.82) is 5.41 Å². The van der Waals surface area contributed by atoms with Gasteiger partial charge in [0.1, 0.15) is 22.8 Å². The first-order chi connectivity index (χ1) is 26.3. The molecule has 55 heavy (non-hydrogen) atoms. The van der Waals surface area contributed by atoms with E-state index in [0.717, 1.165) is 6.07 Å². The van der Waals surface area contributed by atoms with Crippen LogP contribution in [0.15, 0.2) is 41.2 Å². The summed E-state index contributed by atoms with van der Waals surface area (Å²) in [5.74, 6) is -4.95. The van der Waals surface area contributed by atoms with Crippen LogP contribution < -0.4 is 16.2 Å². The third-order valence-corrected chi connectivity index (χ3v) is 10.5. The third-order valence-electron chi connectivity index (χ3n) is 10.2. The molecule has 0 spiro atoms. The Morgan fingerprint density at radius 1 is 1.02 bits per heavy atom. The minimum absolute atomic E-state index is 0.128. The third kappa shape index (κ3) is 10.0. The van der Waals surface area contributed by atoms with Gasteiger partial charge in [0.05, 0.1) is 28.7 Å². The monoisotopic (exact) mass is 786 g/mol. The van der Waals surface area contributed by atoms with Gasteiger partial charge in [0, 0.05) is 81.6 Å². The molecule has 298 valence electrons. The van der Waals surface area contributed by atoms with E-state index in [2.05, 4.69) is 10.6 Å². The van der Waals surface area contributed by atoms with E-state index < -0.39 is 29.0 Å². The summed E-state index contributed by atoms with van der Waals surface area (Å²) in [5.41, 5.74) is 2.61. The molecule has 1 aliphatic carbocycles. The van der Waals surface area contributed by atoms with E-state index in [4.69, 9.17) is 36.5 Å². The van der Waals surface area contributed by atoms with Crippen molar-refractivity contribution >= 4 is 39.7 Å². The van der Waals surface area contributed by atoms with E-state index >= 15 is 4.79 Å². The van der Waals surface area contributed by atoms with Crippen molar-refractivity contribution in [1.82, 2.24) is 14.5 Å². The van der Waals surface area contributed by atoms with Crippen LogP contribution in [0.4, 0.5) is 28.9 Å². The summed E-state index contributed by atoms with van der Waals surface area (Å²) in [6.07, 6.45) is 1.78. The summed E-state index contributed by atoms with van der Waals surface area (Å²) >= 11 is 6.83. The molecule has 5 rings (SSSR count). The first-order valence-electron chi connectivity index (χ1n) is 18.9. The number of hydrogen-bond donors (Lipinski definition) is 3. The fraction of sp³-hybridized carbons (Fsp3) is 0.512. The highest BCUT2D eigenvalue weighted by Gasteiger charge is 2.37. The van der Waals surface area contributed by atoms with Crippen LogP contribution in [0.5, 0.6) is 0 Å². The first kappa shape index (κ1) is 42.1. The Bertz CT molecular complexity index is 2010. The molecule has 0 radical (unpaired) electrons. The van der Waals surface area contributed by atoms with Gasteiger partial charge >= 0.3 is 0 Å². The summed E-state index contributed by atoms with van der Waals surface area (Å²) < 4.78 is 69.7. The number of nitrogens with one attached hydrogen (secondary N) is 3. The van der Waals surface area contributed by atoms with Gasteiger partial charge in [0.25, 0.3) is 5.56 Å². The number of ether oxygens (including phenoxy) is 2. The van der Waals surface area contributed by atoms with Gasteiger partial charge in [-0.1, -0.05) is 38.8 Å². The lowest BCUT2D eigenvalue weighted by molar-refractivity contribution is -0.0384. The van der Waals surface area contributed by atoms with Crippen LogP contribution >= 0.6 is 11.6 Å². The molecule has 4 aromatic rings. The number of nitrogens with zero attached hydrogens (tertiary/aromatic N) is 3. The van der Waals surface area contributed by atoms with Crippen LogP contribution in [-0.2, 0) is 15.9 Å². The van der Waals surface area contributed by atoms with Gasteiger partial charge in [-0.15, -0.1) is 0 Å². The molecule has 1 unspecified atom stereocenters. The van der Waals surface area contributed by atoms with E-state index in [-0.39, 0.29) is 66.5 Å². The minimum atomic E-state index is -2.74. The van der Waals surface area contributed by atoms with Gasteiger partial charge in [-0.05, 0) is 73.9 Å². The Morgan fingerprint density at radius 2 is 1.71 bits per heavy atom. The SMILES string of the molecule is CCCC(=N)c1c(Cl)ccc(-n2c(C(Cc3cc(F)cc(F)c3)C(C)C)nc3nc(C4CCC(F)(F)CC4)cc(NCCOC)c3c2=O)c1NCCCOC. The Morgan fingerprint density at radius 3 is 2.35 bits per heavy atom. The van der Waals surface area contributed by atoms with Crippen LogP contribution in [0.25, 0.3) is 16.7 Å². The lowest BCUT2D eigenvalue weighted by atomic mass is 9.84. The molecule has 1 saturated carbocycles. The number of rotatable bonds is 18. The van der Waals surface area contributed by atoms with Crippen LogP contribution in [0.2, 0.25) is 5.02 Å². The first-order valence-corrected chi connectivity index (χ1v) is 19.3. The number of anilines is 2. The summed E-state index contributed by atoms with van der Waals surface area (Å²) in [4.78, 5) is 25.4. The smallest absolute Gasteiger partial charge is 0.269 e. The molecular formula is C41H51ClF4N6O3. The zero-order valence-electron chi connectivity index (χ0n) is 32.1. The lowest BCUT2D eigenvalue weighted by Crippen LogP contribution is -2.31. The van der Waals surface area contributed by atoms with Gasteiger partial charge in [0.2, 0.25) is 5.92 Å². The molecule has 2 aromatic heterocycles. The summed E-state index contributed by atoms with van der Waals surface area (Å²) in [6.45, 7) is 7.42. The van der Waals surface area contributed by atoms with E-state index in [1.807, 2.05) is 20.8 Å². The average molecular weight is 787 g/mol. The molecule has 2 aromatic carbocycles. The van der Waals surface area contributed by atoms with Gasteiger partial charge in [-0.25, -0.2) is 27.5 Å². The van der Waals surface area contributed by atoms with Crippen molar-refractivity contribution in [2.45, 2.75) is 89.9 Å². The molecule has 0 saturated heterocycles. The van der Waals surface area contributed by atoms with Crippen LogP contribution in [0.3, 0.4) is 0 Å². The van der Waals surface area contributed by atoms with E-state index in [0.29, 0.717) is 84.5 Å². The van der Waals surface area contributed by atoms with E-state index in [1.54, 1.807) is 32.4 Å². The second-order valence-electron chi connectivity index (χ2n) is 14.6. The quantitative estimate of drug-likeness (QED) is 0.0523. The number of benzene rings is 2. The molecule has 2 heterocycles. The van der Waals surface area contributed by atoms with E-state index in [9.17, 15) is 17.6 Å². The minimum Gasteiger partial charge on any atom is -0.385 e. The molecule has 0 amide bonds. The predicted molar refractivity (Wildman–Crippen MR) is 211 cm³/mol. The number of hydrogen-bond acceptors (Lipinski definition) is 8. The molecule has 3 N–H and O–H groups in total. The standard InChI is InChI=1S/C41H51ClF4N6O3/c1-6-8-31(47)35-30(42)9-10-34(37(35)49-15-7-17-54-4)52-39(29(24(2)3)21-25-19-27(43)22-28(44)20-25)51-38-36(40(52)53)33(48-16-18-55-5)23-32(50-38)26-11-13-41(45,46)14-12-26/h9-10,19-20,22-24,26,29,47,49H,6-8,11-18,21H2,1-5H3,(H,48,50). The number of pyridine rings is 1. The zero-order valence-corrected chi connectivity index (χ0v) is 32.9. The van der Waals surface area contributed by atoms with Gasteiger partial charge in [0.15, 0.2) is 5.65 Å². The van der Waals surface area contributed by atoms with Crippen molar-refractivity contribution in [3.8, 4) is 5.69 Å². The Kier molecular flexibility index (Phi) is 14.3. The summed E-state index contributed by atoms with van der Waals surface area (Å²) in [5, 5.41) is 16.3.